The van der Waals surface area contributed by atoms with E-state index >= 15 is 0 Å². The Morgan fingerprint density at radius 2 is 2.13 bits per heavy atom. The minimum Gasteiger partial charge on any atom is -0.450 e. The van der Waals surface area contributed by atoms with E-state index < -0.39 is 0 Å². The summed E-state index contributed by atoms with van der Waals surface area (Å²) in [6, 6.07) is 0. The van der Waals surface area contributed by atoms with Crippen molar-refractivity contribution in [3.63, 3.8) is 0 Å². The van der Waals surface area contributed by atoms with Gasteiger partial charge in [-0.2, -0.15) is 0 Å². The molecule has 1 fully saturated rings. The van der Waals surface area contributed by atoms with Crippen molar-refractivity contribution >= 4 is 17.7 Å². The number of nitrogens with zero attached hydrogens (tertiary/aromatic N) is 1. The van der Waals surface area contributed by atoms with Crippen LogP contribution < -0.4 is 0 Å². The van der Waals surface area contributed by atoms with Gasteiger partial charge in [0.2, 0.25) is 0 Å². The molecule has 1 rings (SSSR count). The summed E-state index contributed by atoms with van der Waals surface area (Å²) in [6.07, 6.45) is 1.70. The molecule has 0 radical (unpaired) electrons. The molecule has 86 valence electrons. The number of rotatable bonds is 3. The summed E-state index contributed by atoms with van der Waals surface area (Å²) in [6.45, 7) is 7.69. The molecule has 15 heavy (non-hydrogen) atoms. The van der Waals surface area contributed by atoms with E-state index in [2.05, 4.69) is 6.58 Å². The minimum atomic E-state index is -0.201. The van der Waals surface area contributed by atoms with E-state index in [1.807, 2.05) is 6.92 Å². The van der Waals surface area contributed by atoms with Crippen molar-refractivity contribution in [1.29, 1.82) is 0 Å². The number of amides is 1. The average molecular weight is 232 g/mol. The van der Waals surface area contributed by atoms with E-state index in [4.69, 9.17) is 16.3 Å². The van der Waals surface area contributed by atoms with Gasteiger partial charge >= 0.3 is 6.09 Å². The third kappa shape index (κ3) is 3.42. The highest BCUT2D eigenvalue weighted by Crippen LogP contribution is 2.24. The monoisotopic (exact) mass is 231 g/mol. The van der Waals surface area contributed by atoms with Crippen molar-refractivity contribution in [2.24, 2.45) is 5.92 Å². The quantitative estimate of drug-likeness (QED) is 0.552. The lowest BCUT2D eigenvalue weighted by molar-refractivity contribution is 0.0946. The first kappa shape index (κ1) is 12.4. The van der Waals surface area contributed by atoms with Gasteiger partial charge in [0.15, 0.2) is 0 Å². The summed E-state index contributed by atoms with van der Waals surface area (Å²) in [4.78, 5) is 13.2. The van der Waals surface area contributed by atoms with E-state index in [1.165, 1.54) is 0 Å². The zero-order valence-electron chi connectivity index (χ0n) is 9.17. The topological polar surface area (TPSA) is 29.5 Å². The molecular weight excluding hydrogens is 214 g/mol. The highest BCUT2D eigenvalue weighted by atomic mass is 35.5. The molecule has 0 bridgehead atoms. The number of piperidine rings is 1. The van der Waals surface area contributed by atoms with Crippen molar-refractivity contribution in [3.05, 3.63) is 12.2 Å². The van der Waals surface area contributed by atoms with Crippen LogP contribution in [0, 0.1) is 5.92 Å². The largest absolute Gasteiger partial charge is 0.450 e. The standard InChI is InChI=1S/C11H18ClNO2/c1-3-15-11(14)13-6-4-10(5-7-13)9(2)8-12/h10H,2-8H2,1H3. The Kier molecular flexibility index (Phi) is 4.95. The Morgan fingerprint density at radius 1 is 1.53 bits per heavy atom. The second-order valence-corrected chi connectivity index (χ2v) is 4.02. The maximum absolute atomic E-state index is 11.4. The van der Waals surface area contributed by atoms with Crippen LogP contribution in [-0.2, 0) is 4.74 Å². The maximum atomic E-state index is 11.4. The molecule has 1 aliphatic rings. The molecule has 0 N–H and O–H groups in total. The van der Waals surface area contributed by atoms with Crippen LogP contribution in [0.2, 0.25) is 0 Å². The third-order valence-electron chi connectivity index (χ3n) is 2.77. The number of hydrogen-bond acceptors (Lipinski definition) is 2. The summed E-state index contributed by atoms with van der Waals surface area (Å²) in [5.74, 6) is 0.984. The number of allylic oxidation sites excluding steroid dienone is 1. The highest BCUT2D eigenvalue weighted by molar-refractivity contribution is 6.19. The minimum absolute atomic E-state index is 0.201. The van der Waals surface area contributed by atoms with Gasteiger partial charge in [-0.05, 0) is 25.7 Å². The Morgan fingerprint density at radius 3 is 2.60 bits per heavy atom. The van der Waals surface area contributed by atoms with Crippen molar-refractivity contribution < 1.29 is 9.53 Å². The fourth-order valence-electron chi connectivity index (χ4n) is 1.79. The van der Waals surface area contributed by atoms with Crippen LogP contribution in [0.3, 0.4) is 0 Å². The van der Waals surface area contributed by atoms with Crippen molar-refractivity contribution in [2.45, 2.75) is 19.8 Å². The Bertz CT molecular complexity index is 235. The number of alkyl halides is 1. The molecule has 0 aromatic heterocycles. The molecule has 0 aromatic carbocycles. The number of carbonyl (C=O) groups excluding carboxylic acids is 1. The van der Waals surface area contributed by atoms with E-state index in [1.54, 1.807) is 4.90 Å². The summed E-state index contributed by atoms with van der Waals surface area (Å²) < 4.78 is 4.94. The average Bonchev–Trinajstić information content (AvgIpc) is 2.28. The van der Waals surface area contributed by atoms with Gasteiger partial charge in [0.25, 0.3) is 0 Å². The molecule has 3 nitrogen and oxygen atoms in total. The lowest BCUT2D eigenvalue weighted by atomic mass is 9.91. The van der Waals surface area contributed by atoms with Gasteiger partial charge in [0.1, 0.15) is 0 Å². The zero-order valence-corrected chi connectivity index (χ0v) is 9.92. The van der Waals surface area contributed by atoms with Crippen LogP contribution in [0.4, 0.5) is 4.79 Å². The molecule has 0 aromatic rings. The molecule has 0 spiro atoms. The molecule has 1 amide bonds. The highest BCUT2D eigenvalue weighted by Gasteiger charge is 2.24. The van der Waals surface area contributed by atoms with Crippen LogP contribution in [0.1, 0.15) is 19.8 Å². The second-order valence-electron chi connectivity index (χ2n) is 3.75. The normalized spacial score (nSPS) is 17.6. The fraction of sp³-hybridized carbons (Fsp3) is 0.727. The summed E-state index contributed by atoms with van der Waals surface area (Å²) in [5.41, 5.74) is 1.08. The molecule has 0 atom stereocenters. The molecule has 0 saturated carbocycles. The van der Waals surface area contributed by atoms with Gasteiger partial charge in [-0.15, -0.1) is 11.6 Å². The lowest BCUT2D eigenvalue weighted by Gasteiger charge is -2.31. The second kappa shape index (κ2) is 6.01. The predicted octanol–water partition coefficient (Wildman–Crippen LogP) is 2.65. The fourth-order valence-corrected chi connectivity index (χ4v) is 2.01. The molecule has 1 saturated heterocycles. The summed E-state index contributed by atoms with van der Waals surface area (Å²) in [5, 5.41) is 0. The van der Waals surface area contributed by atoms with Crippen LogP contribution >= 0.6 is 11.6 Å². The van der Waals surface area contributed by atoms with Gasteiger partial charge in [-0.3, -0.25) is 0 Å². The van der Waals surface area contributed by atoms with Crippen LogP contribution in [0.25, 0.3) is 0 Å². The Labute approximate surface area is 96.0 Å². The van der Waals surface area contributed by atoms with Crippen molar-refractivity contribution in [2.75, 3.05) is 25.6 Å². The van der Waals surface area contributed by atoms with Crippen molar-refractivity contribution in [1.82, 2.24) is 4.90 Å². The first-order valence-electron chi connectivity index (χ1n) is 5.34. The number of likely N-dealkylation sites (tertiary alicyclic amines) is 1. The summed E-state index contributed by atoms with van der Waals surface area (Å²) >= 11 is 5.73. The molecule has 0 aliphatic carbocycles. The molecular formula is C11H18ClNO2. The van der Waals surface area contributed by atoms with Crippen LogP contribution in [-0.4, -0.2) is 36.6 Å². The predicted molar refractivity (Wildman–Crippen MR) is 61.2 cm³/mol. The Hall–Kier alpha value is -0.700. The summed E-state index contributed by atoms with van der Waals surface area (Å²) in [7, 11) is 0. The van der Waals surface area contributed by atoms with Crippen LogP contribution in [0.5, 0.6) is 0 Å². The van der Waals surface area contributed by atoms with Gasteiger partial charge in [-0.25, -0.2) is 4.79 Å². The smallest absolute Gasteiger partial charge is 0.409 e. The third-order valence-corrected chi connectivity index (χ3v) is 3.11. The number of ether oxygens (including phenoxy) is 1. The molecule has 1 aliphatic heterocycles. The number of hydrogen-bond donors (Lipinski definition) is 0. The zero-order chi connectivity index (χ0) is 11.3. The number of halogens is 1. The Balaban J connectivity index is 2.35. The van der Waals surface area contributed by atoms with Crippen molar-refractivity contribution in [3.8, 4) is 0 Å². The van der Waals surface area contributed by atoms with E-state index in [0.717, 1.165) is 31.5 Å². The maximum Gasteiger partial charge on any atom is 0.409 e. The van der Waals surface area contributed by atoms with Gasteiger partial charge in [0.05, 0.1) is 6.61 Å². The number of carbonyl (C=O) groups is 1. The lowest BCUT2D eigenvalue weighted by Crippen LogP contribution is -2.39. The molecule has 1 heterocycles. The molecule has 0 unspecified atom stereocenters. The SMILES string of the molecule is C=C(CCl)C1CCN(C(=O)OCC)CC1. The van der Waals surface area contributed by atoms with Gasteiger partial charge in [0, 0.05) is 19.0 Å². The first-order valence-corrected chi connectivity index (χ1v) is 5.87. The van der Waals surface area contributed by atoms with E-state index in [-0.39, 0.29) is 6.09 Å². The van der Waals surface area contributed by atoms with Crippen LogP contribution in [0.15, 0.2) is 12.2 Å². The van der Waals surface area contributed by atoms with E-state index in [9.17, 15) is 4.79 Å². The van der Waals surface area contributed by atoms with E-state index in [0.29, 0.717) is 18.4 Å². The van der Waals surface area contributed by atoms with Gasteiger partial charge < -0.3 is 9.64 Å². The van der Waals surface area contributed by atoms with Gasteiger partial charge in [-0.1, -0.05) is 12.2 Å². The molecule has 4 heteroatoms. The first-order chi connectivity index (χ1) is 7.19.